The molecule has 0 saturated carbocycles. The molecule has 2 aromatic carbocycles. The highest BCUT2D eigenvalue weighted by molar-refractivity contribution is 6.11. The van der Waals surface area contributed by atoms with Gasteiger partial charge in [0.2, 0.25) is 0 Å². The number of carbonyl (C=O) groups excluding carboxylic acids is 1. The van der Waals surface area contributed by atoms with Gasteiger partial charge in [0.1, 0.15) is 16.9 Å². The van der Waals surface area contributed by atoms with Crippen molar-refractivity contribution in [1.82, 2.24) is 10.4 Å². The largest absolute Gasteiger partial charge is 0.505 e. The van der Waals surface area contributed by atoms with E-state index in [1.54, 1.807) is 18.2 Å². The van der Waals surface area contributed by atoms with Gasteiger partial charge in [-0.05, 0) is 41.8 Å². The van der Waals surface area contributed by atoms with E-state index in [0.717, 1.165) is 11.6 Å². The molecule has 1 aromatic heterocycles. The van der Waals surface area contributed by atoms with E-state index < -0.39 is 23.2 Å². The lowest BCUT2D eigenvalue weighted by atomic mass is 9.99. The first-order chi connectivity index (χ1) is 12.4. The smallest absolute Gasteiger partial charge is 0.339 e. The number of halogens is 1. The Labute approximate surface area is 146 Å². The molecule has 8 heteroatoms. The molecule has 3 aromatic rings. The van der Waals surface area contributed by atoms with Gasteiger partial charge in [-0.1, -0.05) is 12.1 Å². The van der Waals surface area contributed by atoms with Gasteiger partial charge in [-0.25, -0.2) is 15.0 Å². The van der Waals surface area contributed by atoms with Crippen molar-refractivity contribution in [2.45, 2.75) is 6.42 Å². The standard InChI is InChI=1S/C18H14FN3O4/c19-11-3-1-9(2-4-11)5-10-6-12-13(17(24)22-20)7-14(18(25)26)16(23)15(12)21-8-10/h1-4,6-8,23H,5,20H2,(H,22,24)(H,25,26). The number of pyridine rings is 1. The lowest BCUT2D eigenvalue weighted by Crippen LogP contribution is -2.30. The number of nitrogens with one attached hydrogen (secondary N) is 1. The Morgan fingerprint density at radius 3 is 2.42 bits per heavy atom. The molecule has 0 unspecified atom stereocenters. The van der Waals surface area contributed by atoms with Crippen LogP contribution in [0.4, 0.5) is 4.39 Å². The number of carboxylic acids is 1. The predicted molar refractivity (Wildman–Crippen MR) is 91.2 cm³/mol. The maximum absolute atomic E-state index is 13.0. The molecule has 0 fully saturated rings. The fourth-order valence-corrected chi connectivity index (χ4v) is 2.68. The average Bonchev–Trinajstić information content (AvgIpc) is 2.63. The van der Waals surface area contributed by atoms with E-state index >= 15 is 0 Å². The van der Waals surface area contributed by atoms with E-state index in [9.17, 15) is 24.2 Å². The molecule has 3 rings (SSSR count). The molecule has 1 amide bonds. The van der Waals surface area contributed by atoms with Crippen LogP contribution >= 0.6 is 0 Å². The molecule has 0 aliphatic heterocycles. The highest BCUT2D eigenvalue weighted by Gasteiger charge is 2.21. The van der Waals surface area contributed by atoms with E-state index in [4.69, 9.17) is 5.84 Å². The number of amides is 1. The number of nitrogens with two attached hydrogens (primary N) is 1. The van der Waals surface area contributed by atoms with Gasteiger partial charge in [-0.15, -0.1) is 0 Å². The van der Waals surface area contributed by atoms with Crippen molar-refractivity contribution in [3.63, 3.8) is 0 Å². The maximum Gasteiger partial charge on any atom is 0.339 e. The van der Waals surface area contributed by atoms with Crippen molar-refractivity contribution in [2.24, 2.45) is 5.84 Å². The first-order valence-electron chi connectivity index (χ1n) is 7.54. The molecule has 26 heavy (non-hydrogen) atoms. The molecule has 0 bridgehead atoms. The van der Waals surface area contributed by atoms with Crippen LogP contribution in [-0.4, -0.2) is 27.1 Å². The quantitative estimate of drug-likeness (QED) is 0.322. The number of carbonyl (C=O) groups is 2. The summed E-state index contributed by atoms with van der Waals surface area (Å²) in [5, 5.41) is 19.6. The first kappa shape index (κ1) is 17.3. The Bertz CT molecular complexity index is 1020. The van der Waals surface area contributed by atoms with Crippen LogP contribution in [-0.2, 0) is 6.42 Å². The molecule has 0 saturated heterocycles. The van der Waals surface area contributed by atoms with Gasteiger partial charge in [0.15, 0.2) is 5.75 Å². The van der Waals surface area contributed by atoms with Crippen molar-refractivity contribution >= 4 is 22.8 Å². The lowest BCUT2D eigenvalue weighted by Gasteiger charge is -2.11. The number of aromatic carboxylic acids is 1. The highest BCUT2D eigenvalue weighted by atomic mass is 19.1. The number of fused-ring (bicyclic) bond motifs is 1. The van der Waals surface area contributed by atoms with E-state index in [1.807, 2.05) is 5.43 Å². The van der Waals surface area contributed by atoms with E-state index in [2.05, 4.69) is 4.98 Å². The molecule has 132 valence electrons. The van der Waals surface area contributed by atoms with Crippen molar-refractivity contribution in [1.29, 1.82) is 0 Å². The minimum atomic E-state index is -1.40. The van der Waals surface area contributed by atoms with Gasteiger partial charge in [-0.2, -0.15) is 0 Å². The number of aromatic nitrogens is 1. The third-order valence-corrected chi connectivity index (χ3v) is 3.93. The zero-order chi connectivity index (χ0) is 18.8. The van der Waals surface area contributed by atoms with Gasteiger partial charge in [-0.3, -0.25) is 15.2 Å². The second-order valence-electron chi connectivity index (χ2n) is 5.64. The lowest BCUT2D eigenvalue weighted by molar-refractivity contribution is 0.0694. The van der Waals surface area contributed by atoms with Gasteiger partial charge in [0.05, 0.1) is 5.56 Å². The number of phenols is 1. The fraction of sp³-hybridized carbons (Fsp3) is 0.0556. The number of nitrogen functional groups attached to an aromatic ring is 1. The van der Waals surface area contributed by atoms with E-state index in [0.29, 0.717) is 12.0 Å². The fourth-order valence-electron chi connectivity index (χ4n) is 2.68. The number of hydrogen-bond donors (Lipinski definition) is 4. The summed E-state index contributed by atoms with van der Waals surface area (Å²) in [6.07, 6.45) is 1.87. The zero-order valence-electron chi connectivity index (χ0n) is 13.4. The third kappa shape index (κ3) is 3.17. The van der Waals surface area contributed by atoms with Gasteiger partial charge in [0, 0.05) is 11.6 Å². The Kier molecular flexibility index (Phi) is 4.51. The van der Waals surface area contributed by atoms with Crippen LogP contribution in [0.3, 0.4) is 0 Å². The molecule has 5 N–H and O–H groups in total. The normalized spacial score (nSPS) is 10.7. The van der Waals surface area contributed by atoms with Crippen LogP contribution in [0.5, 0.6) is 5.75 Å². The summed E-state index contributed by atoms with van der Waals surface area (Å²) in [7, 11) is 0. The Morgan fingerprint density at radius 2 is 1.81 bits per heavy atom. The van der Waals surface area contributed by atoms with Gasteiger partial charge < -0.3 is 10.2 Å². The number of hydrogen-bond acceptors (Lipinski definition) is 5. The molecular weight excluding hydrogens is 341 g/mol. The van der Waals surface area contributed by atoms with Crippen LogP contribution in [0.25, 0.3) is 10.9 Å². The van der Waals surface area contributed by atoms with Crippen LogP contribution in [0.1, 0.15) is 31.8 Å². The molecule has 0 spiro atoms. The molecule has 0 atom stereocenters. The molecule has 7 nitrogen and oxygen atoms in total. The summed E-state index contributed by atoms with van der Waals surface area (Å²) in [6.45, 7) is 0. The Hall–Kier alpha value is -3.52. The molecule has 0 aliphatic carbocycles. The van der Waals surface area contributed by atoms with Crippen molar-refractivity contribution < 1.29 is 24.2 Å². The minimum absolute atomic E-state index is 0.0219. The second-order valence-corrected chi connectivity index (χ2v) is 5.64. The number of carboxylic acid groups (broad SMARTS) is 1. The molecule has 1 heterocycles. The van der Waals surface area contributed by atoms with Gasteiger partial charge >= 0.3 is 5.97 Å². The number of rotatable bonds is 4. The first-order valence-corrected chi connectivity index (χ1v) is 7.54. The third-order valence-electron chi connectivity index (χ3n) is 3.93. The van der Waals surface area contributed by atoms with E-state index in [1.165, 1.54) is 18.3 Å². The van der Waals surface area contributed by atoms with Crippen LogP contribution in [0.2, 0.25) is 0 Å². The minimum Gasteiger partial charge on any atom is -0.505 e. The maximum atomic E-state index is 13.0. The summed E-state index contributed by atoms with van der Waals surface area (Å²) >= 11 is 0. The summed E-state index contributed by atoms with van der Waals surface area (Å²) in [4.78, 5) is 27.4. The summed E-state index contributed by atoms with van der Waals surface area (Å²) in [5.74, 6) is 2.18. The highest BCUT2D eigenvalue weighted by Crippen LogP contribution is 2.31. The predicted octanol–water partition coefficient (Wildman–Crippen LogP) is 1.97. The number of aromatic hydroxyl groups is 1. The summed E-state index contributed by atoms with van der Waals surface area (Å²) < 4.78 is 13.0. The molecule has 0 aliphatic rings. The van der Waals surface area contributed by atoms with Crippen LogP contribution < -0.4 is 11.3 Å². The number of hydrazine groups is 1. The van der Waals surface area contributed by atoms with Crippen LogP contribution in [0, 0.1) is 5.82 Å². The molecular formula is C18H14FN3O4. The zero-order valence-corrected chi connectivity index (χ0v) is 13.4. The van der Waals surface area contributed by atoms with Crippen molar-refractivity contribution in [2.75, 3.05) is 0 Å². The van der Waals surface area contributed by atoms with Crippen molar-refractivity contribution in [3.05, 3.63) is 70.7 Å². The molecule has 0 radical (unpaired) electrons. The Morgan fingerprint density at radius 1 is 1.12 bits per heavy atom. The van der Waals surface area contributed by atoms with Crippen molar-refractivity contribution in [3.8, 4) is 5.75 Å². The van der Waals surface area contributed by atoms with E-state index in [-0.39, 0.29) is 22.3 Å². The summed E-state index contributed by atoms with van der Waals surface area (Å²) in [6, 6.07) is 8.58. The SMILES string of the molecule is NNC(=O)c1cc(C(=O)O)c(O)c2ncc(Cc3ccc(F)cc3)cc12. The topological polar surface area (TPSA) is 126 Å². The second kappa shape index (κ2) is 6.77. The number of benzene rings is 2. The monoisotopic (exact) mass is 355 g/mol. The average molecular weight is 355 g/mol. The number of nitrogens with zero attached hydrogens (tertiary/aromatic N) is 1. The van der Waals surface area contributed by atoms with Gasteiger partial charge in [0.25, 0.3) is 5.91 Å². The Balaban J connectivity index is 2.15. The summed E-state index contributed by atoms with van der Waals surface area (Å²) in [5.41, 5.74) is 2.97. The van der Waals surface area contributed by atoms with Crippen LogP contribution in [0.15, 0.2) is 42.6 Å².